The first-order valence-electron chi connectivity index (χ1n) is 13.0. The van der Waals surface area contributed by atoms with E-state index in [9.17, 15) is 19.2 Å². The van der Waals surface area contributed by atoms with Gasteiger partial charge in [0.2, 0.25) is 5.96 Å². The predicted octanol–water partition coefficient (Wildman–Crippen LogP) is 5.32. The molecule has 0 spiro atoms. The standard InChI is InChI=1S/C28H44N4O8/c1-17(2)20(30-23(34)38-26(3,4)5)21(33)37-16-18-13-12-14-19(15-18)29-22(31-24(35)39-27(6,7)8)32-25(36)40-28(9,10)11/h12-15,17,20H,16H2,1-11H3,(H,30,34)(H2,29,31,32,35,36)/t20-/m0/s1. The van der Waals surface area contributed by atoms with Crippen LogP contribution in [-0.4, -0.2) is 53.1 Å². The van der Waals surface area contributed by atoms with Crippen LogP contribution in [0.25, 0.3) is 0 Å². The molecule has 0 saturated carbocycles. The second-order valence-electron chi connectivity index (χ2n) is 12.4. The van der Waals surface area contributed by atoms with E-state index in [4.69, 9.17) is 18.9 Å². The van der Waals surface area contributed by atoms with Crippen LogP contribution in [0.1, 0.15) is 81.7 Å². The minimum atomic E-state index is -0.918. The second-order valence-corrected chi connectivity index (χ2v) is 12.4. The number of rotatable bonds is 6. The third kappa shape index (κ3) is 14.9. The Hall–Kier alpha value is -3.83. The first-order valence-corrected chi connectivity index (χ1v) is 13.0. The maximum absolute atomic E-state index is 12.7. The van der Waals surface area contributed by atoms with Crippen LogP contribution in [-0.2, 0) is 30.3 Å². The monoisotopic (exact) mass is 564 g/mol. The van der Waals surface area contributed by atoms with Crippen LogP contribution in [0.5, 0.6) is 0 Å². The molecule has 0 aliphatic heterocycles. The lowest BCUT2D eigenvalue weighted by Gasteiger charge is -2.24. The zero-order valence-corrected chi connectivity index (χ0v) is 25.4. The summed E-state index contributed by atoms with van der Waals surface area (Å²) in [6.07, 6.45) is -2.38. The third-order valence-corrected chi connectivity index (χ3v) is 4.36. The molecule has 0 fully saturated rings. The van der Waals surface area contributed by atoms with Gasteiger partial charge in [-0.3, -0.25) is 10.6 Å². The number of carbonyl (C=O) groups excluding carboxylic acids is 4. The van der Waals surface area contributed by atoms with Gasteiger partial charge in [-0.15, -0.1) is 0 Å². The van der Waals surface area contributed by atoms with Crippen LogP contribution in [0, 0.1) is 5.92 Å². The lowest BCUT2D eigenvalue weighted by Crippen LogP contribution is -2.47. The highest BCUT2D eigenvalue weighted by molar-refractivity contribution is 6.02. The van der Waals surface area contributed by atoms with Crippen LogP contribution in [0.3, 0.4) is 0 Å². The van der Waals surface area contributed by atoms with E-state index in [0.29, 0.717) is 11.3 Å². The van der Waals surface area contributed by atoms with E-state index in [1.54, 1.807) is 100 Å². The molecule has 1 aromatic carbocycles. The summed E-state index contributed by atoms with van der Waals surface area (Å²) in [6.45, 7) is 18.8. The van der Waals surface area contributed by atoms with Crippen molar-refractivity contribution in [1.82, 2.24) is 16.0 Å². The Morgan fingerprint density at radius 2 is 1.25 bits per heavy atom. The molecule has 12 heteroatoms. The van der Waals surface area contributed by atoms with Gasteiger partial charge < -0.3 is 24.3 Å². The fourth-order valence-electron chi connectivity index (χ4n) is 2.91. The Kier molecular flexibility index (Phi) is 12.0. The van der Waals surface area contributed by atoms with Crippen LogP contribution >= 0.6 is 0 Å². The first kappa shape index (κ1) is 34.2. The molecule has 40 heavy (non-hydrogen) atoms. The van der Waals surface area contributed by atoms with Gasteiger partial charge in [0.15, 0.2) is 0 Å². The highest BCUT2D eigenvalue weighted by Gasteiger charge is 2.28. The highest BCUT2D eigenvalue weighted by Crippen LogP contribution is 2.17. The van der Waals surface area contributed by atoms with Crippen molar-refractivity contribution >= 4 is 35.9 Å². The third-order valence-electron chi connectivity index (χ3n) is 4.36. The van der Waals surface area contributed by atoms with Gasteiger partial charge in [0.25, 0.3) is 0 Å². The molecule has 1 rings (SSSR count). The van der Waals surface area contributed by atoms with E-state index in [0.717, 1.165) is 0 Å². The summed E-state index contributed by atoms with van der Waals surface area (Å²) < 4.78 is 21.2. The van der Waals surface area contributed by atoms with E-state index < -0.39 is 47.1 Å². The number of aliphatic imine (C=N–C) groups is 1. The zero-order valence-electron chi connectivity index (χ0n) is 25.4. The molecule has 0 bridgehead atoms. The van der Waals surface area contributed by atoms with Gasteiger partial charge in [0.1, 0.15) is 29.5 Å². The zero-order chi connectivity index (χ0) is 30.9. The Morgan fingerprint density at radius 3 is 1.70 bits per heavy atom. The number of nitrogens with one attached hydrogen (secondary N) is 3. The number of ether oxygens (including phenoxy) is 4. The summed E-state index contributed by atoms with van der Waals surface area (Å²) in [4.78, 5) is 53.9. The number of alkyl carbamates (subject to hydrolysis) is 3. The second kappa shape index (κ2) is 14.0. The van der Waals surface area contributed by atoms with E-state index in [1.165, 1.54) is 0 Å². The summed E-state index contributed by atoms with van der Waals surface area (Å²) in [5.74, 6) is -1.11. The highest BCUT2D eigenvalue weighted by atomic mass is 16.6. The predicted molar refractivity (Wildman–Crippen MR) is 150 cm³/mol. The van der Waals surface area contributed by atoms with Crippen molar-refractivity contribution in [3.63, 3.8) is 0 Å². The molecule has 0 aliphatic rings. The van der Waals surface area contributed by atoms with Gasteiger partial charge in [-0.05, 0) is 85.9 Å². The number of hydrogen-bond acceptors (Lipinski definition) is 9. The number of guanidine groups is 1. The average Bonchev–Trinajstić information content (AvgIpc) is 2.71. The summed E-state index contributed by atoms with van der Waals surface area (Å²) in [7, 11) is 0. The molecule has 1 atom stereocenters. The van der Waals surface area contributed by atoms with E-state index in [2.05, 4.69) is 20.9 Å². The van der Waals surface area contributed by atoms with Crippen molar-refractivity contribution in [2.75, 3.05) is 0 Å². The van der Waals surface area contributed by atoms with Gasteiger partial charge in [0.05, 0.1) is 5.69 Å². The van der Waals surface area contributed by atoms with Crippen LogP contribution in [0.15, 0.2) is 29.3 Å². The van der Waals surface area contributed by atoms with Crippen molar-refractivity contribution in [3.8, 4) is 0 Å². The van der Waals surface area contributed by atoms with E-state index in [-0.39, 0.29) is 18.5 Å². The van der Waals surface area contributed by atoms with Crippen molar-refractivity contribution in [2.24, 2.45) is 10.9 Å². The topological polar surface area (TPSA) is 154 Å². The number of hydrogen-bond donors (Lipinski definition) is 3. The molecule has 0 radical (unpaired) electrons. The number of carbonyl (C=O) groups is 4. The minimum Gasteiger partial charge on any atom is -0.459 e. The number of esters is 1. The SMILES string of the molecule is CC(C)[C@H](NC(=O)OC(C)(C)C)C(=O)OCc1cccc(N=C(NC(=O)OC(C)(C)C)NC(=O)OC(C)(C)C)c1. The van der Waals surface area contributed by atoms with Gasteiger partial charge in [-0.2, -0.15) is 0 Å². The smallest absolute Gasteiger partial charge is 0.414 e. The van der Waals surface area contributed by atoms with E-state index in [1.807, 2.05) is 0 Å². The fraction of sp³-hybridized carbons (Fsp3) is 0.607. The summed E-state index contributed by atoms with van der Waals surface area (Å²) in [5, 5.41) is 7.37. The summed E-state index contributed by atoms with van der Waals surface area (Å²) in [5.41, 5.74) is -1.37. The number of nitrogens with zero attached hydrogens (tertiary/aromatic N) is 1. The van der Waals surface area contributed by atoms with Crippen LogP contribution < -0.4 is 16.0 Å². The minimum absolute atomic E-state index is 0.115. The maximum atomic E-state index is 12.7. The fourth-order valence-corrected chi connectivity index (χ4v) is 2.91. The molecule has 1 aromatic rings. The van der Waals surface area contributed by atoms with Crippen LogP contribution in [0.2, 0.25) is 0 Å². The molecule has 0 aliphatic carbocycles. The van der Waals surface area contributed by atoms with Crippen molar-refractivity contribution in [2.45, 2.75) is 106 Å². The summed E-state index contributed by atoms with van der Waals surface area (Å²) >= 11 is 0. The molecule has 0 saturated heterocycles. The molecule has 12 nitrogen and oxygen atoms in total. The van der Waals surface area contributed by atoms with Gasteiger partial charge in [0, 0.05) is 0 Å². The Balaban J connectivity index is 3.05. The van der Waals surface area contributed by atoms with E-state index >= 15 is 0 Å². The Morgan fingerprint density at radius 1 is 0.775 bits per heavy atom. The molecule has 3 N–H and O–H groups in total. The van der Waals surface area contributed by atoms with Crippen molar-refractivity contribution in [1.29, 1.82) is 0 Å². The molecular weight excluding hydrogens is 520 g/mol. The van der Waals surface area contributed by atoms with Crippen molar-refractivity contribution < 1.29 is 38.1 Å². The largest absolute Gasteiger partial charge is 0.459 e. The number of benzene rings is 1. The normalized spacial score (nSPS) is 12.5. The molecule has 224 valence electrons. The van der Waals surface area contributed by atoms with Gasteiger partial charge in [-0.25, -0.2) is 24.2 Å². The average molecular weight is 565 g/mol. The molecule has 3 amide bonds. The molecule has 0 unspecified atom stereocenters. The molecular formula is C28H44N4O8. The maximum Gasteiger partial charge on any atom is 0.414 e. The van der Waals surface area contributed by atoms with Gasteiger partial charge >= 0.3 is 24.2 Å². The lowest BCUT2D eigenvalue weighted by atomic mass is 10.1. The number of amides is 3. The first-order chi connectivity index (χ1) is 18.1. The molecule has 0 heterocycles. The van der Waals surface area contributed by atoms with Crippen LogP contribution in [0.4, 0.5) is 20.1 Å². The van der Waals surface area contributed by atoms with Crippen molar-refractivity contribution in [3.05, 3.63) is 29.8 Å². The lowest BCUT2D eigenvalue weighted by molar-refractivity contribution is -0.148. The summed E-state index contributed by atoms with van der Waals surface area (Å²) in [6, 6.07) is 5.69. The molecule has 0 aromatic heterocycles. The van der Waals surface area contributed by atoms with Gasteiger partial charge in [-0.1, -0.05) is 26.0 Å². The Bertz CT molecular complexity index is 1050. The quantitative estimate of drug-likeness (QED) is 0.182. The Labute approximate surface area is 236 Å².